The number of ether oxygens (including phenoxy) is 2. The highest BCUT2D eigenvalue weighted by Crippen LogP contribution is 2.40. The molecule has 1 heterocycles. The molecule has 3 rings (SSSR count). The van der Waals surface area contributed by atoms with E-state index in [9.17, 15) is 9.90 Å². The Kier molecular flexibility index (Phi) is 5.87. The average molecular weight is 395 g/mol. The van der Waals surface area contributed by atoms with Gasteiger partial charge in [-0.25, -0.2) is 0 Å². The summed E-state index contributed by atoms with van der Waals surface area (Å²) in [6.45, 7) is 7.75. The highest BCUT2D eigenvalue weighted by molar-refractivity contribution is 5.97. The zero-order valence-corrected chi connectivity index (χ0v) is 17.2. The predicted octanol–water partition coefficient (Wildman–Crippen LogP) is 5.65. The average Bonchev–Trinajstić information content (AvgIpc) is 2.97. The lowest BCUT2D eigenvalue weighted by Crippen LogP contribution is -2.07. The van der Waals surface area contributed by atoms with E-state index in [2.05, 4.69) is 10.2 Å². The third kappa shape index (κ3) is 4.08. The van der Waals surface area contributed by atoms with Crippen LogP contribution in [0.4, 0.5) is 5.69 Å². The number of para-hydroxylation sites is 1. The molecule has 0 aliphatic rings. The van der Waals surface area contributed by atoms with E-state index in [1.807, 2.05) is 52.0 Å². The number of aromatic nitrogens is 1. The van der Waals surface area contributed by atoms with Crippen molar-refractivity contribution in [3.63, 3.8) is 0 Å². The van der Waals surface area contributed by atoms with E-state index in [-0.39, 0.29) is 23.7 Å². The number of nitrogens with zero attached hydrogens (tertiary/aromatic N) is 3. The van der Waals surface area contributed by atoms with Gasteiger partial charge < -0.3 is 19.1 Å². The van der Waals surface area contributed by atoms with E-state index >= 15 is 0 Å². The first-order chi connectivity index (χ1) is 13.8. The molecule has 1 N–H and O–H groups in total. The summed E-state index contributed by atoms with van der Waals surface area (Å²) in [6, 6.07) is 12.4. The molecule has 0 atom stereocenters. The predicted molar refractivity (Wildman–Crippen MR) is 112 cm³/mol. The van der Waals surface area contributed by atoms with Gasteiger partial charge in [-0.3, -0.25) is 4.79 Å². The maximum Gasteiger partial charge on any atom is 0.295 e. The Balaban J connectivity index is 1.95. The van der Waals surface area contributed by atoms with Crippen LogP contribution < -0.4 is 9.47 Å². The smallest absolute Gasteiger partial charge is 0.295 e. The number of fused-ring (bicyclic) bond motifs is 1. The van der Waals surface area contributed by atoms with Crippen LogP contribution in [0.1, 0.15) is 44.1 Å². The van der Waals surface area contributed by atoms with Crippen LogP contribution in [-0.4, -0.2) is 28.8 Å². The van der Waals surface area contributed by atoms with Crippen molar-refractivity contribution in [3.05, 3.63) is 48.0 Å². The van der Waals surface area contributed by atoms with Gasteiger partial charge in [-0.15, -0.1) is 10.2 Å². The summed E-state index contributed by atoms with van der Waals surface area (Å²) in [4.78, 5) is 12.6. The van der Waals surface area contributed by atoms with Crippen molar-refractivity contribution < 1.29 is 19.4 Å². The van der Waals surface area contributed by atoms with Crippen LogP contribution in [0.5, 0.6) is 17.4 Å². The van der Waals surface area contributed by atoms with E-state index in [0.717, 1.165) is 10.9 Å². The summed E-state index contributed by atoms with van der Waals surface area (Å²) in [6.07, 6.45) is -0.0219. The number of amides is 1. The Bertz CT molecular complexity index is 1070. The number of azo groups is 1. The second kappa shape index (κ2) is 8.34. The molecular weight excluding hydrogens is 370 g/mol. The van der Waals surface area contributed by atoms with Gasteiger partial charge in [0.25, 0.3) is 5.91 Å². The molecule has 1 amide bonds. The van der Waals surface area contributed by atoms with Crippen molar-refractivity contribution in [2.24, 2.45) is 10.2 Å². The molecule has 0 spiro atoms. The molecule has 7 heteroatoms. The van der Waals surface area contributed by atoms with Crippen molar-refractivity contribution in [1.82, 2.24) is 4.57 Å². The van der Waals surface area contributed by atoms with Gasteiger partial charge in [0, 0.05) is 17.0 Å². The van der Waals surface area contributed by atoms with Gasteiger partial charge in [0.1, 0.15) is 0 Å². The molecular formula is C22H25N3O4. The molecule has 1 aromatic heterocycles. The van der Waals surface area contributed by atoms with Crippen LogP contribution in [0.2, 0.25) is 0 Å². The van der Waals surface area contributed by atoms with E-state index in [1.54, 1.807) is 22.8 Å². The number of carbonyl (C=O) groups is 1. The second-order valence-corrected chi connectivity index (χ2v) is 7.19. The number of hydrogen-bond donors (Lipinski definition) is 1. The third-order valence-electron chi connectivity index (χ3n) is 4.39. The first-order valence-electron chi connectivity index (χ1n) is 9.46. The molecule has 0 fully saturated rings. The lowest BCUT2D eigenvalue weighted by molar-refractivity contribution is 0.0994. The van der Waals surface area contributed by atoms with Crippen LogP contribution >= 0.6 is 0 Å². The van der Waals surface area contributed by atoms with Gasteiger partial charge in [-0.2, -0.15) is 0 Å². The Labute approximate surface area is 169 Å². The topological polar surface area (TPSA) is 85.4 Å². The molecule has 0 aliphatic heterocycles. The van der Waals surface area contributed by atoms with Gasteiger partial charge >= 0.3 is 0 Å². The molecule has 0 saturated heterocycles. The third-order valence-corrected chi connectivity index (χ3v) is 4.39. The fourth-order valence-electron chi connectivity index (χ4n) is 3.16. The summed E-state index contributed by atoms with van der Waals surface area (Å²) in [5, 5.41) is 19.3. The van der Waals surface area contributed by atoms with Crippen LogP contribution in [0.3, 0.4) is 0 Å². The molecule has 29 heavy (non-hydrogen) atoms. The molecule has 152 valence electrons. The lowest BCUT2D eigenvalue weighted by atomic mass is 10.2. The number of rotatable bonds is 6. The molecule has 7 nitrogen and oxygen atoms in total. The van der Waals surface area contributed by atoms with Gasteiger partial charge in [-0.05, 0) is 52.0 Å². The molecule has 2 aromatic carbocycles. The maximum absolute atomic E-state index is 12.6. The summed E-state index contributed by atoms with van der Waals surface area (Å²) in [5.41, 5.74) is 1.42. The zero-order chi connectivity index (χ0) is 21.1. The second-order valence-electron chi connectivity index (χ2n) is 7.19. The first-order valence-corrected chi connectivity index (χ1v) is 9.46. The van der Waals surface area contributed by atoms with E-state index in [1.165, 1.54) is 7.11 Å². The van der Waals surface area contributed by atoms with Crippen molar-refractivity contribution in [2.75, 3.05) is 7.11 Å². The monoisotopic (exact) mass is 395 g/mol. The van der Waals surface area contributed by atoms with Crippen molar-refractivity contribution in [3.8, 4) is 17.4 Å². The van der Waals surface area contributed by atoms with Gasteiger partial charge in [0.2, 0.25) is 5.88 Å². The van der Waals surface area contributed by atoms with Crippen LogP contribution in [-0.2, 0) is 0 Å². The fraction of sp³-hybridized carbons (Fsp3) is 0.318. The lowest BCUT2D eigenvalue weighted by Gasteiger charge is -2.13. The molecule has 0 radical (unpaired) electrons. The van der Waals surface area contributed by atoms with Crippen LogP contribution in [0, 0.1) is 0 Å². The summed E-state index contributed by atoms with van der Waals surface area (Å²) >= 11 is 0. The van der Waals surface area contributed by atoms with Gasteiger partial charge in [0.05, 0.1) is 18.7 Å². The summed E-state index contributed by atoms with van der Waals surface area (Å²) in [7, 11) is 1.51. The Morgan fingerprint density at radius 1 is 1.07 bits per heavy atom. The van der Waals surface area contributed by atoms with E-state index in [4.69, 9.17) is 9.47 Å². The largest absolute Gasteiger partial charge is 0.493 e. The van der Waals surface area contributed by atoms with Crippen molar-refractivity contribution >= 4 is 22.5 Å². The van der Waals surface area contributed by atoms with Crippen molar-refractivity contribution in [1.29, 1.82) is 0 Å². The molecule has 0 saturated carbocycles. The molecule has 0 unspecified atom stereocenters. The Hall–Kier alpha value is -3.35. The number of carbonyl (C=O) groups excluding carboxylic acids is 1. The maximum atomic E-state index is 12.6. The molecule has 0 bridgehead atoms. The standard InChI is InChI=1S/C22H25N3O4/c1-13(2)25-17-9-7-6-8-16(17)20(22(25)27)23-24-21(26)15-10-11-18(29-14(3)4)19(12-15)28-5/h6-14,27H,1-5H3. The van der Waals surface area contributed by atoms with E-state index in [0.29, 0.717) is 17.1 Å². The Morgan fingerprint density at radius 2 is 1.79 bits per heavy atom. The van der Waals surface area contributed by atoms with Crippen molar-refractivity contribution in [2.45, 2.75) is 39.8 Å². The minimum absolute atomic E-state index is 0.0176. The SMILES string of the molecule is COc1cc(C(=O)N=Nc2c(O)n(C(C)C)c3ccccc23)ccc1OC(C)C. The first kappa shape index (κ1) is 20.4. The number of benzene rings is 2. The minimum atomic E-state index is -0.542. The highest BCUT2D eigenvalue weighted by Gasteiger charge is 2.19. The number of hydrogen-bond acceptors (Lipinski definition) is 5. The quantitative estimate of drug-likeness (QED) is 0.547. The highest BCUT2D eigenvalue weighted by atomic mass is 16.5. The van der Waals surface area contributed by atoms with Gasteiger partial charge in [-0.1, -0.05) is 18.2 Å². The van der Waals surface area contributed by atoms with E-state index < -0.39 is 5.91 Å². The van der Waals surface area contributed by atoms with Crippen LogP contribution in [0.15, 0.2) is 52.7 Å². The van der Waals surface area contributed by atoms with Crippen LogP contribution in [0.25, 0.3) is 10.9 Å². The number of aromatic hydroxyl groups is 1. The molecule has 0 aliphatic carbocycles. The summed E-state index contributed by atoms with van der Waals surface area (Å²) < 4.78 is 12.7. The zero-order valence-electron chi connectivity index (χ0n) is 17.2. The fourth-order valence-corrected chi connectivity index (χ4v) is 3.16. The number of methoxy groups -OCH3 is 1. The Morgan fingerprint density at radius 3 is 2.45 bits per heavy atom. The van der Waals surface area contributed by atoms with Gasteiger partial charge in [0.15, 0.2) is 17.2 Å². The minimum Gasteiger partial charge on any atom is -0.493 e. The molecule has 3 aromatic rings. The normalized spacial score (nSPS) is 11.7. The summed E-state index contributed by atoms with van der Waals surface area (Å²) in [5.74, 6) is 0.434.